The van der Waals surface area contributed by atoms with Crippen molar-refractivity contribution in [1.29, 1.82) is 0 Å². The molecule has 29 heavy (non-hydrogen) atoms. The number of unbranched alkanes of at least 4 members (excludes halogenated alkanes) is 3. The van der Waals surface area contributed by atoms with Crippen LogP contribution >= 0.6 is 7.82 Å². The fraction of sp³-hybridized carbons (Fsp3) is 0.941. The minimum Gasteiger partial charge on any atom is -0.756 e. The molecule has 11 nitrogen and oxygen atoms in total. The number of aliphatic hydroxyl groups excluding tert-OH is 1. The maximum absolute atomic E-state index is 11.7. The predicted octanol–water partition coefficient (Wildman–Crippen LogP) is 0.835. The number of carbonyl (C=O) groups excluding carboxylic acids is 1. The number of phosphoric acid groups is 1. The lowest BCUT2D eigenvalue weighted by Gasteiger charge is -2.19. The quantitative estimate of drug-likeness (QED) is 0.205. The fourth-order valence-corrected chi connectivity index (χ4v) is 2.49. The van der Waals surface area contributed by atoms with E-state index in [1.807, 2.05) is 0 Å². The lowest BCUT2D eigenvalue weighted by molar-refractivity contribution is -0.223. The molecule has 1 amide bonds. The number of nitrogens with one attached hydrogen (secondary N) is 1. The summed E-state index contributed by atoms with van der Waals surface area (Å²) < 4.78 is 40.7. The van der Waals surface area contributed by atoms with E-state index in [0.29, 0.717) is 39.2 Å². The van der Waals surface area contributed by atoms with E-state index in [2.05, 4.69) is 14.4 Å². The standard InChI is InChI=1S/C17H36NO10P/c1-23-12-13-25-14-16(26-10-7-9-19)15-27-17(20)18-8-5-3-4-6-11-28-29(21,22)24-2/h16,19H,3-15H2,1-2H3,(H,18,20)(H,21,22)/p-1. The summed E-state index contributed by atoms with van der Waals surface area (Å²) in [6.07, 6.45) is 2.39. The average molecular weight is 444 g/mol. The zero-order valence-electron chi connectivity index (χ0n) is 17.3. The molecule has 0 heterocycles. The number of hydrogen-bond donors (Lipinski definition) is 2. The average Bonchev–Trinajstić information content (AvgIpc) is 2.70. The number of rotatable bonds is 20. The second-order valence-corrected chi connectivity index (χ2v) is 7.56. The van der Waals surface area contributed by atoms with Gasteiger partial charge < -0.3 is 43.3 Å². The molecule has 0 aromatic heterocycles. The van der Waals surface area contributed by atoms with Gasteiger partial charge in [0, 0.05) is 34.0 Å². The van der Waals surface area contributed by atoms with Gasteiger partial charge in [0.25, 0.3) is 7.82 Å². The van der Waals surface area contributed by atoms with E-state index in [1.165, 1.54) is 0 Å². The van der Waals surface area contributed by atoms with Crippen molar-refractivity contribution in [1.82, 2.24) is 5.32 Å². The second-order valence-electron chi connectivity index (χ2n) is 6.04. The van der Waals surface area contributed by atoms with Gasteiger partial charge in [0.2, 0.25) is 0 Å². The Kier molecular flexibility index (Phi) is 18.7. The highest BCUT2D eigenvalue weighted by atomic mass is 31.2. The van der Waals surface area contributed by atoms with Crippen molar-refractivity contribution in [3.05, 3.63) is 0 Å². The summed E-state index contributed by atoms with van der Waals surface area (Å²) in [6.45, 7) is 2.04. The van der Waals surface area contributed by atoms with Gasteiger partial charge in [-0.05, 0) is 19.3 Å². The van der Waals surface area contributed by atoms with Crippen LogP contribution in [-0.2, 0) is 32.6 Å². The Balaban J connectivity index is 3.78. The monoisotopic (exact) mass is 444 g/mol. The molecule has 0 bridgehead atoms. The molecule has 174 valence electrons. The fourth-order valence-electron chi connectivity index (χ4n) is 2.04. The van der Waals surface area contributed by atoms with Gasteiger partial charge in [0.1, 0.15) is 12.7 Å². The van der Waals surface area contributed by atoms with Gasteiger partial charge in [-0.3, -0.25) is 4.57 Å². The van der Waals surface area contributed by atoms with Crippen molar-refractivity contribution in [2.24, 2.45) is 0 Å². The van der Waals surface area contributed by atoms with Crippen molar-refractivity contribution in [2.75, 3.05) is 67.0 Å². The molecule has 0 aliphatic rings. The Morgan fingerprint density at radius 3 is 2.48 bits per heavy atom. The Hall–Kier alpha value is -0.780. The number of amides is 1. The van der Waals surface area contributed by atoms with Crippen LogP contribution in [0.25, 0.3) is 0 Å². The molecule has 0 spiro atoms. The number of ether oxygens (including phenoxy) is 4. The highest BCUT2D eigenvalue weighted by Gasteiger charge is 2.13. The normalized spacial score (nSPS) is 14.3. The number of phosphoric ester groups is 1. The van der Waals surface area contributed by atoms with E-state index in [0.717, 1.165) is 26.4 Å². The zero-order valence-corrected chi connectivity index (χ0v) is 18.2. The predicted molar refractivity (Wildman–Crippen MR) is 103 cm³/mol. The highest BCUT2D eigenvalue weighted by Crippen LogP contribution is 2.36. The molecular weight excluding hydrogens is 409 g/mol. The number of alkyl carbamates (subject to hydrolysis) is 1. The minimum absolute atomic E-state index is 0.0211. The summed E-state index contributed by atoms with van der Waals surface area (Å²) in [4.78, 5) is 22.7. The molecule has 0 aromatic rings. The van der Waals surface area contributed by atoms with Crippen molar-refractivity contribution in [3.8, 4) is 0 Å². The third-order valence-electron chi connectivity index (χ3n) is 3.61. The first-order valence-corrected chi connectivity index (χ1v) is 11.1. The van der Waals surface area contributed by atoms with E-state index >= 15 is 0 Å². The van der Waals surface area contributed by atoms with E-state index in [-0.39, 0.29) is 26.4 Å². The molecule has 0 saturated heterocycles. The summed E-state index contributed by atoms with van der Waals surface area (Å²) in [5.74, 6) is 0. The molecule has 0 saturated carbocycles. The molecule has 0 radical (unpaired) electrons. The largest absolute Gasteiger partial charge is 0.756 e. The molecule has 2 N–H and O–H groups in total. The summed E-state index contributed by atoms with van der Waals surface area (Å²) in [6, 6.07) is 0. The van der Waals surface area contributed by atoms with Gasteiger partial charge >= 0.3 is 6.09 Å². The maximum atomic E-state index is 11.7. The van der Waals surface area contributed by atoms with Crippen LogP contribution < -0.4 is 10.2 Å². The van der Waals surface area contributed by atoms with Gasteiger partial charge in [-0.25, -0.2) is 4.79 Å². The molecule has 2 atom stereocenters. The molecule has 0 rings (SSSR count). The minimum atomic E-state index is -4.15. The van der Waals surface area contributed by atoms with E-state index < -0.39 is 20.0 Å². The van der Waals surface area contributed by atoms with Crippen molar-refractivity contribution >= 4 is 13.9 Å². The van der Waals surface area contributed by atoms with Crippen molar-refractivity contribution in [3.63, 3.8) is 0 Å². The van der Waals surface area contributed by atoms with Crippen molar-refractivity contribution < 1.29 is 47.4 Å². The SMILES string of the molecule is COCCOCC(COC(=O)NCCCCCCOP(=O)([O-])OC)OCCCO. The first-order valence-electron chi connectivity index (χ1n) is 9.66. The highest BCUT2D eigenvalue weighted by molar-refractivity contribution is 7.45. The molecule has 0 aliphatic carbocycles. The smallest absolute Gasteiger partial charge is 0.407 e. The van der Waals surface area contributed by atoms with Gasteiger partial charge in [0.05, 0.1) is 26.4 Å². The molecular formula is C17H35NO10P-. The van der Waals surface area contributed by atoms with Crippen LogP contribution in [0.1, 0.15) is 32.1 Å². The number of aliphatic hydroxyl groups is 1. The third kappa shape index (κ3) is 19.0. The van der Waals surface area contributed by atoms with E-state index in [4.69, 9.17) is 24.1 Å². The summed E-state index contributed by atoms with van der Waals surface area (Å²) in [7, 11) is -1.52. The molecule has 0 fully saturated rings. The maximum Gasteiger partial charge on any atom is 0.407 e. The summed E-state index contributed by atoms with van der Waals surface area (Å²) in [5, 5.41) is 11.5. The van der Waals surface area contributed by atoms with Gasteiger partial charge in [-0.15, -0.1) is 0 Å². The van der Waals surface area contributed by atoms with Gasteiger partial charge in [-0.1, -0.05) is 12.8 Å². The van der Waals surface area contributed by atoms with E-state index in [1.54, 1.807) is 7.11 Å². The lowest BCUT2D eigenvalue weighted by Crippen LogP contribution is -2.32. The van der Waals surface area contributed by atoms with Crippen LogP contribution in [0.3, 0.4) is 0 Å². The molecule has 12 heteroatoms. The zero-order chi connectivity index (χ0) is 21.8. The third-order valence-corrected chi connectivity index (χ3v) is 4.55. The summed E-state index contributed by atoms with van der Waals surface area (Å²) >= 11 is 0. The first-order chi connectivity index (χ1) is 13.9. The molecule has 0 aliphatic heterocycles. The van der Waals surface area contributed by atoms with Gasteiger partial charge in [0.15, 0.2) is 0 Å². The van der Waals surface area contributed by atoms with Gasteiger partial charge in [-0.2, -0.15) is 0 Å². The second kappa shape index (κ2) is 19.2. The Morgan fingerprint density at radius 1 is 1.03 bits per heavy atom. The van der Waals surface area contributed by atoms with Crippen LogP contribution in [0.2, 0.25) is 0 Å². The van der Waals surface area contributed by atoms with Crippen molar-refractivity contribution in [2.45, 2.75) is 38.2 Å². The van der Waals surface area contributed by atoms with Crippen LogP contribution in [0.4, 0.5) is 4.79 Å². The topological polar surface area (TPSA) is 145 Å². The molecule has 0 aromatic carbocycles. The van der Waals surface area contributed by atoms with Crippen LogP contribution in [0.5, 0.6) is 0 Å². The Bertz CT molecular complexity index is 440. The van der Waals surface area contributed by atoms with E-state index in [9.17, 15) is 14.3 Å². The Labute approximate surface area is 172 Å². The first kappa shape index (κ1) is 28.2. The number of hydrogen-bond acceptors (Lipinski definition) is 10. The number of methoxy groups -OCH3 is 1. The van der Waals surface area contributed by atoms with Crippen LogP contribution in [0.15, 0.2) is 0 Å². The van der Waals surface area contributed by atoms with Crippen LogP contribution in [-0.4, -0.2) is 84.3 Å². The molecule has 2 unspecified atom stereocenters. The summed E-state index contributed by atoms with van der Waals surface area (Å²) in [5.41, 5.74) is 0. The lowest BCUT2D eigenvalue weighted by atomic mass is 10.2. The Morgan fingerprint density at radius 2 is 1.79 bits per heavy atom. The van der Waals surface area contributed by atoms with Crippen LogP contribution in [0, 0.1) is 0 Å². The number of carbonyl (C=O) groups is 1.